The lowest BCUT2D eigenvalue weighted by molar-refractivity contribution is -0.131. The van der Waals surface area contributed by atoms with Crippen molar-refractivity contribution >= 4 is 23.9 Å². The Hall–Kier alpha value is -5.95. The zero-order valence-electron chi connectivity index (χ0n) is 36.7. The van der Waals surface area contributed by atoms with E-state index in [1.807, 2.05) is 139 Å². The van der Waals surface area contributed by atoms with Gasteiger partial charge in [0.15, 0.2) is 0 Å². The summed E-state index contributed by atoms with van der Waals surface area (Å²) in [5, 5.41) is 21.2. The van der Waals surface area contributed by atoms with Crippen molar-refractivity contribution in [3.63, 3.8) is 0 Å². The van der Waals surface area contributed by atoms with E-state index >= 15 is 0 Å². The largest absolute Gasteiger partial charge is 0.497 e. The molecule has 3 aromatic carbocycles. The Bertz CT molecular complexity index is 2070. The third-order valence-corrected chi connectivity index (χ3v) is 11.0. The number of urea groups is 1. The number of aliphatic hydroxyl groups excluding tert-OH is 1. The quantitative estimate of drug-likeness (QED) is 0.0953. The molecule has 4 aromatic rings. The maximum Gasteiger partial charge on any atom is 0.407 e. The van der Waals surface area contributed by atoms with Crippen molar-refractivity contribution in [2.75, 3.05) is 27.3 Å². The normalized spacial score (nSPS) is 15.6. The molecule has 5 unspecified atom stereocenters. The van der Waals surface area contributed by atoms with Crippen molar-refractivity contribution in [1.29, 1.82) is 0 Å². The monoisotopic (exact) mass is 834 g/mol. The molecule has 0 bridgehead atoms. The number of alkyl carbamates (subject to hydrolysis) is 1. The van der Waals surface area contributed by atoms with Crippen LogP contribution in [0.2, 0.25) is 0 Å². The summed E-state index contributed by atoms with van der Waals surface area (Å²) >= 11 is 0. The zero-order valence-corrected chi connectivity index (χ0v) is 36.7. The molecule has 61 heavy (non-hydrogen) atoms. The molecule has 326 valence electrons. The minimum Gasteiger partial charge on any atom is -0.497 e. The molecule has 5 rings (SSSR count). The fourth-order valence-corrected chi connectivity index (χ4v) is 7.81. The highest BCUT2D eigenvalue weighted by atomic mass is 16.5. The number of benzene rings is 3. The number of rotatable bonds is 17. The Balaban J connectivity index is 1.41. The lowest BCUT2D eigenvalue weighted by Crippen LogP contribution is -2.59. The topological polar surface area (TPSA) is 162 Å². The van der Waals surface area contributed by atoms with E-state index in [1.54, 1.807) is 23.1 Å². The van der Waals surface area contributed by atoms with Gasteiger partial charge in [-0.1, -0.05) is 114 Å². The van der Waals surface area contributed by atoms with Crippen molar-refractivity contribution < 1.29 is 33.8 Å². The van der Waals surface area contributed by atoms with Gasteiger partial charge >= 0.3 is 12.1 Å². The second-order valence-corrected chi connectivity index (χ2v) is 17.9. The molecular formula is C48H62N6O7. The van der Waals surface area contributed by atoms with Gasteiger partial charge in [-0.05, 0) is 71.0 Å². The number of aliphatic hydroxyl groups is 1. The summed E-state index contributed by atoms with van der Waals surface area (Å²) < 4.78 is 10.2. The first-order valence-corrected chi connectivity index (χ1v) is 20.8. The highest BCUT2D eigenvalue weighted by molar-refractivity contribution is 5.89. The summed E-state index contributed by atoms with van der Waals surface area (Å²) in [6.07, 6.45) is 0.522. The first kappa shape index (κ1) is 46.1. The van der Waals surface area contributed by atoms with Crippen molar-refractivity contribution in [2.24, 2.45) is 10.8 Å². The van der Waals surface area contributed by atoms with E-state index in [9.17, 15) is 24.3 Å². The van der Waals surface area contributed by atoms with E-state index in [0.29, 0.717) is 31.8 Å². The molecule has 13 nitrogen and oxygen atoms in total. The number of carbonyl (C=O) groups is 4. The predicted molar refractivity (Wildman–Crippen MR) is 236 cm³/mol. The lowest BCUT2D eigenvalue weighted by atomic mass is 9.84. The van der Waals surface area contributed by atoms with Gasteiger partial charge in [-0.15, -0.1) is 0 Å². The van der Waals surface area contributed by atoms with Crippen molar-refractivity contribution in [3.8, 4) is 17.0 Å². The first-order chi connectivity index (χ1) is 29.0. The molecule has 5 amide bonds. The Morgan fingerprint density at radius 2 is 1.43 bits per heavy atom. The summed E-state index contributed by atoms with van der Waals surface area (Å²) in [4.78, 5) is 62.9. The number of methoxy groups -OCH3 is 2. The molecule has 0 spiro atoms. The van der Waals surface area contributed by atoms with Crippen molar-refractivity contribution in [1.82, 2.24) is 30.7 Å². The number of amides is 5. The molecule has 1 aliphatic rings. The fourth-order valence-electron chi connectivity index (χ4n) is 7.81. The van der Waals surface area contributed by atoms with Crippen LogP contribution in [0.15, 0.2) is 103 Å². The third kappa shape index (κ3) is 12.8. The van der Waals surface area contributed by atoms with Gasteiger partial charge in [0.25, 0.3) is 0 Å². The molecule has 1 aliphatic heterocycles. The van der Waals surface area contributed by atoms with Crippen LogP contribution in [-0.4, -0.2) is 101 Å². The maximum atomic E-state index is 14.6. The Morgan fingerprint density at radius 1 is 0.754 bits per heavy atom. The van der Waals surface area contributed by atoms with E-state index in [2.05, 4.69) is 20.9 Å². The van der Waals surface area contributed by atoms with Crippen LogP contribution in [0.3, 0.4) is 0 Å². The minimum atomic E-state index is -1.15. The highest BCUT2D eigenvalue weighted by Gasteiger charge is 2.44. The summed E-state index contributed by atoms with van der Waals surface area (Å²) in [5.74, 6) is -0.129. The molecule has 0 radical (unpaired) electrons. The second kappa shape index (κ2) is 20.5. The summed E-state index contributed by atoms with van der Waals surface area (Å²) in [6, 6.07) is 27.2. The SMILES string of the molecule is COC(=O)NC(C(=O)NC(Cc1ccc(-c2ccccn2)cc1)CC(O)C(Cc1ccccc1)NC(=O)C(N1CCN(Cc2cccc(OC)c2)C1=O)C(C)(C)C)C(C)(C)C. The lowest BCUT2D eigenvalue weighted by Gasteiger charge is -2.38. The van der Waals surface area contributed by atoms with E-state index in [4.69, 9.17) is 9.47 Å². The molecular weight excluding hydrogens is 773 g/mol. The molecule has 2 heterocycles. The summed E-state index contributed by atoms with van der Waals surface area (Å²) in [6.45, 7) is 12.5. The number of aromatic nitrogens is 1. The van der Waals surface area contributed by atoms with Crippen LogP contribution in [0.1, 0.15) is 64.7 Å². The van der Waals surface area contributed by atoms with Gasteiger partial charge in [-0.25, -0.2) is 9.59 Å². The average molecular weight is 835 g/mol. The molecule has 0 aliphatic carbocycles. The van der Waals surface area contributed by atoms with E-state index < -0.39 is 53.1 Å². The Labute approximate surface area is 360 Å². The van der Waals surface area contributed by atoms with Gasteiger partial charge in [0.1, 0.15) is 17.8 Å². The van der Waals surface area contributed by atoms with Crippen LogP contribution in [-0.2, 0) is 33.7 Å². The smallest absolute Gasteiger partial charge is 0.407 e. The third-order valence-electron chi connectivity index (χ3n) is 11.0. The minimum absolute atomic E-state index is 0.0533. The maximum absolute atomic E-state index is 14.6. The predicted octanol–water partition coefficient (Wildman–Crippen LogP) is 6.39. The van der Waals surface area contributed by atoms with Crippen LogP contribution in [0.5, 0.6) is 5.75 Å². The van der Waals surface area contributed by atoms with Gasteiger partial charge in [0.05, 0.1) is 32.1 Å². The van der Waals surface area contributed by atoms with Crippen LogP contribution in [0.25, 0.3) is 11.3 Å². The Kier molecular flexibility index (Phi) is 15.5. The van der Waals surface area contributed by atoms with Crippen molar-refractivity contribution in [2.45, 2.75) is 97.6 Å². The average Bonchev–Trinajstić information content (AvgIpc) is 3.57. The molecule has 13 heteroatoms. The Morgan fingerprint density at radius 3 is 2.05 bits per heavy atom. The standard InChI is InChI=1S/C48H62N6O7/c1-47(2,3)41(52-45(58)61-8)43(56)50-36(27-33-20-22-35(23-21-33)38-19-12-13-24-49-38)30-40(55)39(29-32-15-10-9-11-16-32)51-44(57)42(48(4,5)6)54-26-25-53(46(54)59)31-34-17-14-18-37(28-34)60-7/h9-24,28,36,39-42,55H,25-27,29-31H2,1-8H3,(H,50,56)(H,51,57)(H,52,58). The molecule has 0 saturated carbocycles. The fraction of sp³-hybridized carbons (Fsp3) is 0.438. The molecule has 1 aromatic heterocycles. The number of hydrogen-bond acceptors (Lipinski definition) is 8. The number of carbonyl (C=O) groups excluding carboxylic acids is 4. The number of ether oxygens (including phenoxy) is 2. The zero-order chi connectivity index (χ0) is 44.3. The van der Waals surface area contributed by atoms with Gasteiger partial charge in [0, 0.05) is 37.4 Å². The van der Waals surface area contributed by atoms with Crippen LogP contribution in [0.4, 0.5) is 9.59 Å². The molecule has 5 atom stereocenters. The summed E-state index contributed by atoms with van der Waals surface area (Å²) in [7, 11) is 2.84. The second-order valence-electron chi connectivity index (χ2n) is 17.9. The van der Waals surface area contributed by atoms with Crippen LogP contribution >= 0.6 is 0 Å². The summed E-state index contributed by atoms with van der Waals surface area (Å²) in [5.41, 5.74) is 3.10. The number of pyridine rings is 1. The van der Waals surface area contributed by atoms with E-state index in [1.165, 1.54) is 7.11 Å². The van der Waals surface area contributed by atoms with Gasteiger partial charge in [-0.2, -0.15) is 0 Å². The number of nitrogens with one attached hydrogen (secondary N) is 3. The van der Waals surface area contributed by atoms with E-state index in [0.717, 1.165) is 27.9 Å². The van der Waals surface area contributed by atoms with Gasteiger partial charge in [-0.3, -0.25) is 14.6 Å². The number of hydrogen-bond donors (Lipinski definition) is 4. The number of nitrogens with zero attached hydrogens (tertiary/aromatic N) is 3. The van der Waals surface area contributed by atoms with Crippen molar-refractivity contribution in [3.05, 3.63) is 120 Å². The van der Waals surface area contributed by atoms with Crippen LogP contribution in [0, 0.1) is 10.8 Å². The molecule has 1 fully saturated rings. The van der Waals surface area contributed by atoms with Crippen LogP contribution < -0.4 is 20.7 Å². The van der Waals surface area contributed by atoms with E-state index in [-0.39, 0.29) is 24.8 Å². The highest BCUT2D eigenvalue weighted by Crippen LogP contribution is 2.30. The molecule has 4 N–H and O–H groups in total. The molecule has 1 saturated heterocycles. The van der Waals surface area contributed by atoms with Gasteiger partial charge in [0.2, 0.25) is 11.8 Å². The van der Waals surface area contributed by atoms with Gasteiger partial charge < -0.3 is 40.3 Å². The first-order valence-electron chi connectivity index (χ1n) is 20.8.